The minimum Gasteiger partial charge on any atom is -0.490 e. The van der Waals surface area contributed by atoms with Crippen molar-refractivity contribution in [1.82, 2.24) is 0 Å². The van der Waals surface area contributed by atoms with E-state index in [0.29, 0.717) is 13.2 Å². The third-order valence-corrected chi connectivity index (χ3v) is 2.70. The van der Waals surface area contributed by atoms with Gasteiger partial charge in [-0.15, -0.1) is 0 Å². The molecule has 20 heavy (non-hydrogen) atoms. The lowest BCUT2D eigenvalue weighted by molar-refractivity contribution is 0.217. The Bertz CT molecular complexity index is 564. The Hall–Kier alpha value is -2.49. The van der Waals surface area contributed by atoms with Gasteiger partial charge in [0.15, 0.2) is 0 Å². The van der Waals surface area contributed by atoms with Crippen LogP contribution in [0.15, 0.2) is 53.7 Å². The van der Waals surface area contributed by atoms with Crippen LogP contribution in [0.3, 0.4) is 0 Å². The lowest BCUT2D eigenvalue weighted by atomic mass is 10.2. The minimum atomic E-state index is 0.474. The van der Waals surface area contributed by atoms with Gasteiger partial charge in [-0.05, 0) is 54.4 Å². The van der Waals surface area contributed by atoms with Crippen LogP contribution in [-0.4, -0.2) is 24.6 Å². The molecular formula is C16H17NO3. The Balaban J connectivity index is 1.75. The second-order valence-electron chi connectivity index (χ2n) is 4.33. The van der Waals surface area contributed by atoms with Crippen molar-refractivity contribution in [3.05, 3.63) is 59.7 Å². The Morgan fingerprint density at radius 1 is 1.00 bits per heavy atom. The molecule has 0 fully saturated rings. The first-order chi connectivity index (χ1) is 9.78. The maximum absolute atomic E-state index is 8.41. The molecule has 0 heterocycles. The summed E-state index contributed by atoms with van der Waals surface area (Å²) in [6.07, 6.45) is 1.37. The van der Waals surface area contributed by atoms with E-state index >= 15 is 0 Å². The molecule has 0 saturated carbocycles. The Morgan fingerprint density at radius 3 is 2.35 bits per heavy atom. The molecule has 0 aliphatic heterocycles. The van der Waals surface area contributed by atoms with Gasteiger partial charge in [-0.2, -0.15) is 0 Å². The normalized spacial score (nSPS) is 10.7. The summed E-state index contributed by atoms with van der Waals surface area (Å²) >= 11 is 0. The molecule has 0 spiro atoms. The number of hydrogen-bond donors (Lipinski definition) is 1. The maximum Gasteiger partial charge on any atom is 0.122 e. The molecule has 1 N–H and O–H groups in total. The van der Waals surface area contributed by atoms with Crippen LogP contribution in [-0.2, 0) is 0 Å². The molecular weight excluding hydrogens is 254 g/mol. The van der Waals surface area contributed by atoms with Crippen molar-refractivity contribution in [1.29, 1.82) is 0 Å². The summed E-state index contributed by atoms with van der Waals surface area (Å²) in [4.78, 5) is 0. The number of oxime groups is 1. The predicted octanol–water partition coefficient (Wildman–Crippen LogP) is 3.26. The third-order valence-electron chi connectivity index (χ3n) is 2.70. The van der Waals surface area contributed by atoms with Gasteiger partial charge in [0, 0.05) is 0 Å². The molecule has 0 radical (unpaired) electrons. The molecule has 0 amide bonds. The van der Waals surface area contributed by atoms with Crippen molar-refractivity contribution < 1.29 is 14.7 Å². The van der Waals surface area contributed by atoms with Crippen molar-refractivity contribution in [2.75, 3.05) is 13.2 Å². The number of rotatable bonds is 6. The zero-order valence-electron chi connectivity index (χ0n) is 11.3. The fourth-order valence-corrected chi connectivity index (χ4v) is 1.74. The highest BCUT2D eigenvalue weighted by atomic mass is 16.5. The summed E-state index contributed by atoms with van der Waals surface area (Å²) in [5.74, 6) is 1.61. The van der Waals surface area contributed by atoms with Gasteiger partial charge in [0.05, 0.1) is 6.21 Å². The van der Waals surface area contributed by atoms with Gasteiger partial charge in [0.1, 0.15) is 24.7 Å². The van der Waals surface area contributed by atoms with Crippen LogP contribution < -0.4 is 9.47 Å². The van der Waals surface area contributed by atoms with Crippen molar-refractivity contribution in [3.8, 4) is 11.5 Å². The molecule has 0 saturated heterocycles. The van der Waals surface area contributed by atoms with Crippen LogP contribution >= 0.6 is 0 Å². The van der Waals surface area contributed by atoms with Crippen LogP contribution in [0.5, 0.6) is 11.5 Å². The predicted molar refractivity (Wildman–Crippen MR) is 78.0 cm³/mol. The smallest absolute Gasteiger partial charge is 0.122 e. The summed E-state index contributed by atoms with van der Waals surface area (Å²) < 4.78 is 11.2. The lowest BCUT2D eigenvalue weighted by Crippen LogP contribution is -2.09. The van der Waals surface area contributed by atoms with Gasteiger partial charge < -0.3 is 14.7 Å². The first kappa shape index (κ1) is 13.9. The SMILES string of the molecule is Cc1cccc(OCCOc2ccc(/C=N/O)cc2)c1. The molecule has 4 nitrogen and oxygen atoms in total. The second kappa shape index (κ2) is 7.19. The number of benzene rings is 2. The summed E-state index contributed by atoms with van der Waals surface area (Å²) in [7, 11) is 0. The monoisotopic (exact) mass is 271 g/mol. The van der Waals surface area contributed by atoms with E-state index in [-0.39, 0.29) is 0 Å². The summed E-state index contributed by atoms with van der Waals surface area (Å²) in [5, 5.41) is 11.4. The molecule has 2 rings (SSSR count). The van der Waals surface area contributed by atoms with E-state index in [4.69, 9.17) is 14.7 Å². The van der Waals surface area contributed by atoms with E-state index < -0.39 is 0 Å². The fourth-order valence-electron chi connectivity index (χ4n) is 1.74. The fraction of sp³-hybridized carbons (Fsp3) is 0.188. The average Bonchev–Trinajstić information content (AvgIpc) is 2.46. The summed E-state index contributed by atoms with van der Waals surface area (Å²) in [5.41, 5.74) is 1.99. The Labute approximate surface area is 118 Å². The standard InChI is InChI=1S/C16H17NO3/c1-13-3-2-4-16(11-13)20-10-9-19-15-7-5-14(6-8-15)12-17-18/h2-8,11-12,18H,9-10H2,1H3/b17-12+. The van der Waals surface area contributed by atoms with Crippen molar-refractivity contribution >= 4 is 6.21 Å². The van der Waals surface area contributed by atoms with Crippen LogP contribution in [0.25, 0.3) is 0 Å². The van der Waals surface area contributed by atoms with Crippen molar-refractivity contribution in [2.24, 2.45) is 5.16 Å². The lowest BCUT2D eigenvalue weighted by Gasteiger charge is -2.09. The molecule has 2 aromatic rings. The van der Waals surface area contributed by atoms with Crippen LogP contribution in [0, 0.1) is 6.92 Å². The summed E-state index contributed by atoms with van der Waals surface area (Å²) in [6.45, 7) is 2.99. The van der Waals surface area contributed by atoms with E-state index in [2.05, 4.69) is 5.16 Å². The second-order valence-corrected chi connectivity index (χ2v) is 4.33. The molecule has 0 atom stereocenters. The van der Waals surface area contributed by atoms with E-state index in [1.54, 1.807) is 0 Å². The third kappa shape index (κ3) is 4.31. The highest BCUT2D eigenvalue weighted by molar-refractivity contribution is 5.79. The highest BCUT2D eigenvalue weighted by Crippen LogP contribution is 2.13. The maximum atomic E-state index is 8.41. The zero-order chi connectivity index (χ0) is 14.2. The average molecular weight is 271 g/mol. The Kier molecular flexibility index (Phi) is 5.00. The van der Waals surface area contributed by atoms with Gasteiger partial charge >= 0.3 is 0 Å². The highest BCUT2D eigenvalue weighted by Gasteiger charge is 1.96. The molecule has 0 aliphatic rings. The Morgan fingerprint density at radius 2 is 1.70 bits per heavy atom. The van der Waals surface area contributed by atoms with E-state index in [9.17, 15) is 0 Å². The van der Waals surface area contributed by atoms with Crippen LogP contribution in [0.1, 0.15) is 11.1 Å². The first-order valence-electron chi connectivity index (χ1n) is 6.38. The number of aryl methyl sites for hydroxylation is 1. The van der Waals surface area contributed by atoms with E-state index in [1.807, 2.05) is 55.5 Å². The van der Waals surface area contributed by atoms with Gasteiger partial charge in [0.2, 0.25) is 0 Å². The zero-order valence-corrected chi connectivity index (χ0v) is 11.3. The molecule has 0 aliphatic carbocycles. The number of hydrogen-bond acceptors (Lipinski definition) is 4. The molecule has 0 unspecified atom stereocenters. The quantitative estimate of drug-likeness (QED) is 0.380. The minimum absolute atomic E-state index is 0.474. The molecule has 0 bridgehead atoms. The van der Waals surface area contributed by atoms with Crippen molar-refractivity contribution in [2.45, 2.75) is 6.92 Å². The van der Waals surface area contributed by atoms with E-state index in [0.717, 1.165) is 17.1 Å². The van der Waals surface area contributed by atoms with Gasteiger partial charge in [-0.1, -0.05) is 17.3 Å². The molecule has 4 heteroatoms. The van der Waals surface area contributed by atoms with E-state index in [1.165, 1.54) is 11.8 Å². The molecule has 2 aromatic carbocycles. The van der Waals surface area contributed by atoms with Gasteiger partial charge in [-0.3, -0.25) is 0 Å². The summed E-state index contributed by atoms with van der Waals surface area (Å²) in [6, 6.07) is 15.2. The first-order valence-corrected chi connectivity index (χ1v) is 6.38. The van der Waals surface area contributed by atoms with Crippen LogP contribution in [0.4, 0.5) is 0 Å². The van der Waals surface area contributed by atoms with Gasteiger partial charge in [-0.25, -0.2) is 0 Å². The topological polar surface area (TPSA) is 51.0 Å². The van der Waals surface area contributed by atoms with Crippen molar-refractivity contribution in [3.63, 3.8) is 0 Å². The van der Waals surface area contributed by atoms with Gasteiger partial charge in [0.25, 0.3) is 0 Å². The largest absolute Gasteiger partial charge is 0.490 e. The molecule has 0 aromatic heterocycles. The molecule has 104 valence electrons. The number of ether oxygens (including phenoxy) is 2. The number of nitrogens with zero attached hydrogens (tertiary/aromatic N) is 1. The van der Waals surface area contributed by atoms with Crippen LogP contribution in [0.2, 0.25) is 0 Å².